The van der Waals surface area contributed by atoms with Gasteiger partial charge in [0.05, 0.1) is 10.6 Å². The molecule has 1 amide bonds. The minimum Gasteiger partial charge on any atom is -0.382 e. The summed E-state index contributed by atoms with van der Waals surface area (Å²) in [5.41, 5.74) is 1.32. The van der Waals surface area contributed by atoms with Gasteiger partial charge >= 0.3 is 0 Å². The monoisotopic (exact) mass is 471 g/mol. The highest BCUT2D eigenvalue weighted by molar-refractivity contribution is 7.92. The number of carbonyl (C=O) groups excluding carboxylic acids is 1. The molecule has 0 saturated heterocycles. The fraction of sp³-hybridized carbons (Fsp3) is 0.333. The van der Waals surface area contributed by atoms with Crippen molar-refractivity contribution in [1.82, 2.24) is 10.3 Å². The van der Waals surface area contributed by atoms with Crippen LogP contribution < -0.4 is 15.1 Å². The second-order valence-electron chi connectivity index (χ2n) is 7.50. The van der Waals surface area contributed by atoms with E-state index in [2.05, 4.69) is 10.3 Å². The van der Waals surface area contributed by atoms with Crippen LogP contribution in [0.25, 0.3) is 10.9 Å². The number of nitrogens with one attached hydrogen (secondary N) is 2. The zero-order chi connectivity index (χ0) is 24.0. The van der Waals surface area contributed by atoms with Gasteiger partial charge in [-0.3, -0.25) is 13.9 Å². The number of aryl methyl sites for hydroxylation is 1. The molecule has 0 atom stereocenters. The number of aromatic nitrogens is 1. The van der Waals surface area contributed by atoms with Crippen molar-refractivity contribution in [2.45, 2.75) is 31.6 Å². The Morgan fingerprint density at radius 3 is 2.64 bits per heavy atom. The first-order valence-electron chi connectivity index (χ1n) is 10.9. The fourth-order valence-corrected chi connectivity index (χ4v) is 4.81. The van der Waals surface area contributed by atoms with Crippen LogP contribution in [-0.4, -0.2) is 46.1 Å². The molecule has 0 aliphatic rings. The molecular formula is C24H29N3O5S. The Hall–Kier alpha value is -3.17. The molecule has 3 aromatic rings. The summed E-state index contributed by atoms with van der Waals surface area (Å²) in [5, 5.41) is 2.83. The number of amides is 1. The number of sulfonamides is 1. The van der Waals surface area contributed by atoms with Crippen LogP contribution in [0.1, 0.15) is 36.2 Å². The third kappa shape index (κ3) is 5.26. The molecule has 0 unspecified atom stereocenters. The molecule has 33 heavy (non-hydrogen) atoms. The smallest absolute Gasteiger partial charge is 0.264 e. The molecule has 2 N–H and O–H groups in total. The van der Waals surface area contributed by atoms with Crippen LogP contribution in [0, 0.1) is 0 Å². The van der Waals surface area contributed by atoms with Gasteiger partial charge in [0.1, 0.15) is 5.56 Å². The minimum atomic E-state index is -3.92. The van der Waals surface area contributed by atoms with Crippen molar-refractivity contribution in [3.8, 4) is 0 Å². The van der Waals surface area contributed by atoms with Crippen molar-refractivity contribution in [3.05, 3.63) is 70.0 Å². The summed E-state index contributed by atoms with van der Waals surface area (Å²) in [6.45, 7) is 5.33. The molecule has 9 heteroatoms. The largest absolute Gasteiger partial charge is 0.382 e. The van der Waals surface area contributed by atoms with Crippen molar-refractivity contribution in [3.63, 3.8) is 0 Å². The van der Waals surface area contributed by atoms with Crippen molar-refractivity contribution in [1.29, 1.82) is 0 Å². The quantitative estimate of drug-likeness (QED) is 0.442. The Labute approximate surface area is 193 Å². The van der Waals surface area contributed by atoms with Gasteiger partial charge in [0.25, 0.3) is 15.9 Å². The summed E-state index contributed by atoms with van der Waals surface area (Å²) < 4.78 is 33.1. The van der Waals surface area contributed by atoms with E-state index in [-0.39, 0.29) is 15.8 Å². The second kappa shape index (κ2) is 10.6. The highest BCUT2D eigenvalue weighted by atomic mass is 32.2. The molecule has 0 bridgehead atoms. The molecule has 0 saturated carbocycles. The number of carbonyl (C=O) groups is 1. The van der Waals surface area contributed by atoms with Crippen molar-refractivity contribution in [2.75, 3.05) is 31.1 Å². The van der Waals surface area contributed by atoms with Gasteiger partial charge in [-0.2, -0.15) is 0 Å². The predicted octanol–water partition coefficient (Wildman–Crippen LogP) is 3.07. The Kier molecular flexibility index (Phi) is 7.88. The SMILES string of the molecule is CCOCCCNC(=O)c1c[nH]c2ccc(S(=O)(=O)N(C)c3ccccc3CC)cc2c1=O. The number of hydrogen-bond donors (Lipinski definition) is 2. The summed E-state index contributed by atoms with van der Waals surface area (Å²) >= 11 is 0. The van der Waals surface area contributed by atoms with Crippen LogP contribution in [0.5, 0.6) is 0 Å². The number of anilines is 1. The number of rotatable bonds is 10. The number of para-hydroxylation sites is 1. The van der Waals surface area contributed by atoms with E-state index in [9.17, 15) is 18.0 Å². The molecule has 0 radical (unpaired) electrons. The Balaban J connectivity index is 1.93. The van der Waals surface area contributed by atoms with Crippen molar-refractivity contribution in [2.24, 2.45) is 0 Å². The Morgan fingerprint density at radius 2 is 1.91 bits per heavy atom. The third-order valence-corrected chi connectivity index (χ3v) is 7.19. The van der Waals surface area contributed by atoms with Gasteiger partial charge in [0, 0.05) is 43.9 Å². The molecule has 8 nitrogen and oxygen atoms in total. The molecule has 2 aromatic carbocycles. The number of pyridine rings is 1. The molecule has 0 fully saturated rings. The number of hydrogen-bond acceptors (Lipinski definition) is 5. The first-order valence-corrected chi connectivity index (χ1v) is 12.3. The van der Waals surface area contributed by atoms with Gasteiger partial charge in [-0.1, -0.05) is 25.1 Å². The lowest BCUT2D eigenvalue weighted by atomic mass is 10.1. The second-order valence-corrected chi connectivity index (χ2v) is 9.47. The Bertz CT molecular complexity index is 1300. The number of fused-ring (bicyclic) bond motifs is 1. The van der Waals surface area contributed by atoms with Gasteiger partial charge in [-0.25, -0.2) is 8.42 Å². The van der Waals surface area contributed by atoms with Gasteiger partial charge in [0.2, 0.25) is 5.43 Å². The Morgan fingerprint density at radius 1 is 1.15 bits per heavy atom. The maximum absolute atomic E-state index is 13.3. The standard InChI is InChI=1S/C24H29N3O5S/c1-4-17-9-6-7-10-22(17)27(3)33(30,31)18-11-12-21-19(15-18)23(28)20(16-26-21)24(29)25-13-8-14-32-5-2/h6-7,9-12,15-16H,4-5,8,13-14H2,1-3H3,(H,25,29)(H,26,28). The van der Waals surface area contributed by atoms with E-state index in [1.165, 1.54) is 35.7 Å². The van der Waals surface area contributed by atoms with Gasteiger partial charge in [0.15, 0.2) is 0 Å². The minimum absolute atomic E-state index is 0.0248. The highest BCUT2D eigenvalue weighted by Gasteiger charge is 2.24. The van der Waals surface area contributed by atoms with E-state index < -0.39 is 21.4 Å². The average molecular weight is 472 g/mol. The lowest BCUT2D eigenvalue weighted by Crippen LogP contribution is -2.30. The van der Waals surface area contributed by atoms with Gasteiger partial charge in [-0.05, 0) is 49.6 Å². The maximum Gasteiger partial charge on any atom is 0.264 e. The molecule has 3 rings (SSSR count). The first-order chi connectivity index (χ1) is 15.8. The van der Waals surface area contributed by atoms with E-state index >= 15 is 0 Å². The summed E-state index contributed by atoms with van der Waals surface area (Å²) in [6, 6.07) is 11.6. The van der Waals surface area contributed by atoms with Gasteiger partial charge in [-0.15, -0.1) is 0 Å². The summed E-state index contributed by atoms with van der Waals surface area (Å²) in [6.07, 6.45) is 2.65. The average Bonchev–Trinajstić information content (AvgIpc) is 2.83. The van der Waals surface area contributed by atoms with Crippen LogP contribution >= 0.6 is 0 Å². The topological polar surface area (TPSA) is 109 Å². The maximum atomic E-state index is 13.3. The summed E-state index contributed by atoms with van der Waals surface area (Å²) in [5.74, 6) is -0.517. The fourth-order valence-electron chi connectivity index (χ4n) is 3.55. The van der Waals surface area contributed by atoms with Crippen LogP contribution in [0.3, 0.4) is 0 Å². The van der Waals surface area contributed by atoms with Crippen molar-refractivity contribution >= 4 is 32.5 Å². The summed E-state index contributed by atoms with van der Waals surface area (Å²) in [4.78, 5) is 28.4. The number of aromatic amines is 1. The molecule has 0 spiro atoms. The number of nitrogens with zero attached hydrogens (tertiary/aromatic N) is 1. The molecule has 0 aliphatic carbocycles. The number of ether oxygens (including phenoxy) is 1. The lowest BCUT2D eigenvalue weighted by molar-refractivity contribution is 0.0943. The van der Waals surface area contributed by atoms with E-state index in [1.807, 2.05) is 26.0 Å². The molecule has 1 aromatic heterocycles. The van der Waals surface area contributed by atoms with E-state index in [1.54, 1.807) is 12.1 Å². The van der Waals surface area contributed by atoms with Crippen LogP contribution in [-0.2, 0) is 21.2 Å². The van der Waals surface area contributed by atoms with E-state index in [0.717, 1.165) is 5.56 Å². The van der Waals surface area contributed by atoms with Gasteiger partial charge < -0.3 is 15.0 Å². The van der Waals surface area contributed by atoms with Crippen LogP contribution in [0.15, 0.2) is 58.4 Å². The van der Waals surface area contributed by atoms with Crippen LogP contribution in [0.4, 0.5) is 5.69 Å². The molecule has 1 heterocycles. The predicted molar refractivity (Wildman–Crippen MR) is 129 cm³/mol. The zero-order valence-corrected chi connectivity index (χ0v) is 19.9. The van der Waals surface area contributed by atoms with E-state index in [0.29, 0.717) is 43.8 Å². The molecule has 176 valence electrons. The highest BCUT2D eigenvalue weighted by Crippen LogP contribution is 2.27. The first kappa shape index (κ1) is 24.5. The van der Waals surface area contributed by atoms with E-state index in [4.69, 9.17) is 4.74 Å². The lowest BCUT2D eigenvalue weighted by Gasteiger charge is -2.22. The number of H-pyrrole nitrogens is 1. The molecular weight excluding hydrogens is 442 g/mol. The number of benzene rings is 2. The normalized spacial score (nSPS) is 11.5. The molecule has 0 aliphatic heterocycles. The third-order valence-electron chi connectivity index (χ3n) is 5.42. The van der Waals surface area contributed by atoms with Crippen molar-refractivity contribution < 1.29 is 17.9 Å². The summed E-state index contributed by atoms with van der Waals surface area (Å²) in [7, 11) is -2.43. The zero-order valence-electron chi connectivity index (χ0n) is 19.1. The van der Waals surface area contributed by atoms with Crippen LogP contribution in [0.2, 0.25) is 0 Å².